The first-order chi connectivity index (χ1) is 9.54. The van der Waals surface area contributed by atoms with Crippen LogP contribution in [0.2, 0.25) is 0 Å². The summed E-state index contributed by atoms with van der Waals surface area (Å²) in [6.07, 6.45) is 3.49. The van der Waals surface area contributed by atoms with Gasteiger partial charge in [-0.15, -0.1) is 0 Å². The first-order valence-electron chi connectivity index (χ1n) is 7.87. The first kappa shape index (κ1) is 16.8. The fourth-order valence-electron chi connectivity index (χ4n) is 2.09. The Morgan fingerprint density at radius 2 is 1.85 bits per heavy atom. The summed E-state index contributed by atoms with van der Waals surface area (Å²) >= 11 is 0. The zero-order chi connectivity index (χ0) is 15.0. The standard InChI is InChI=1S/C15H30N4O/c1-5-16-15(18-13(4)12(2)3)17-11-14(20)19-9-7-6-8-10-19/h12-13H,5-11H2,1-4H3,(H2,16,17,18). The van der Waals surface area contributed by atoms with Crippen LogP contribution in [0.15, 0.2) is 4.99 Å². The van der Waals surface area contributed by atoms with E-state index in [2.05, 4.69) is 36.4 Å². The highest BCUT2D eigenvalue weighted by Gasteiger charge is 2.16. The van der Waals surface area contributed by atoms with E-state index in [4.69, 9.17) is 0 Å². The highest BCUT2D eigenvalue weighted by molar-refractivity contribution is 5.85. The topological polar surface area (TPSA) is 56.7 Å². The molecule has 1 heterocycles. The van der Waals surface area contributed by atoms with Crippen molar-refractivity contribution in [3.63, 3.8) is 0 Å². The molecule has 1 rings (SSSR count). The average molecular weight is 282 g/mol. The van der Waals surface area contributed by atoms with Crippen LogP contribution in [-0.4, -0.2) is 49.0 Å². The smallest absolute Gasteiger partial charge is 0.244 e. The van der Waals surface area contributed by atoms with E-state index >= 15 is 0 Å². The maximum Gasteiger partial charge on any atom is 0.244 e. The molecule has 1 fully saturated rings. The van der Waals surface area contributed by atoms with Crippen molar-refractivity contribution >= 4 is 11.9 Å². The van der Waals surface area contributed by atoms with Gasteiger partial charge < -0.3 is 15.5 Å². The monoisotopic (exact) mass is 282 g/mol. The summed E-state index contributed by atoms with van der Waals surface area (Å²) in [5.41, 5.74) is 0. The normalized spacial score (nSPS) is 18.1. The lowest BCUT2D eigenvalue weighted by Gasteiger charge is -2.26. The van der Waals surface area contributed by atoms with Gasteiger partial charge in [0.25, 0.3) is 0 Å². The van der Waals surface area contributed by atoms with Crippen LogP contribution in [0.4, 0.5) is 0 Å². The number of carbonyl (C=O) groups is 1. The third kappa shape index (κ3) is 5.80. The summed E-state index contributed by atoms with van der Waals surface area (Å²) in [4.78, 5) is 18.4. The van der Waals surface area contributed by atoms with E-state index in [0.717, 1.165) is 38.4 Å². The van der Waals surface area contributed by atoms with E-state index in [1.54, 1.807) is 0 Å². The number of piperidine rings is 1. The summed E-state index contributed by atoms with van der Waals surface area (Å²) in [5.74, 6) is 1.40. The Labute approximate surface area is 123 Å². The Bertz CT molecular complexity index is 322. The molecule has 1 aliphatic rings. The molecule has 0 aromatic rings. The minimum Gasteiger partial charge on any atom is -0.357 e. The Morgan fingerprint density at radius 3 is 2.40 bits per heavy atom. The highest BCUT2D eigenvalue weighted by atomic mass is 16.2. The number of nitrogens with one attached hydrogen (secondary N) is 2. The Balaban J connectivity index is 2.50. The third-order valence-electron chi connectivity index (χ3n) is 3.79. The number of hydrogen-bond donors (Lipinski definition) is 2. The van der Waals surface area contributed by atoms with Crippen LogP contribution in [0.5, 0.6) is 0 Å². The van der Waals surface area contributed by atoms with Gasteiger partial charge in [-0.3, -0.25) is 4.79 Å². The molecule has 1 amide bonds. The van der Waals surface area contributed by atoms with E-state index in [0.29, 0.717) is 12.0 Å². The molecule has 0 aliphatic carbocycles. The number of nitrogens with zero attached hydrogens (tertiary/aromatic N) is 2. The van der Waals surface area contributed by atoms with Crippen LogP contribution in [-0.2, 0) is 4.79 Å². The van der Waals surface area contributed by atoms with Gasteiger partial charge in [-0.05, 0) is 39.0 Å². The molecule has 20 heavy (non-hydrogen) atoms. The molecule has 2 N–H and O–H groups in total. The van der Waals surface area contributed by atoms with Crippen molar-refractivity contribution in [2.24, 2.45) is 10.9 Å². The maximum atomic E-state index is 12.1. The number of carbonyl (C=O) groups excluding carboxylic acids is 1. The lowest BCUT2D eigenvalue weighted by molar-refractivity contribution is -0.130. The molecule has 0 bridgehead atoms. The molecule has 0 saturated carbocycles. The van der Waals surface area contributed by atoms with Crippen molar-refractivity contribution < 1.29 is 4.79 Å². The molecule has 1 unspecified atom stereocenters. The summed E-state index contributed by atoms with van der Waals surface area (Å²) in [7, 11) is 0. The molecular formula is C15H30N4O. The Hall–Kier alpha value is -1.26. The molecule has 0 spiro atoms. The van der Waals surface area contributed by atoms with Crippen molar-refractivity contribution in [3.05, 3.63) is 0 Å². The molecule has 116 valence electrons. The SMILES string of the molecule is CCNC(=NCC(=O)N1CCCCC1)NC(C)C(C)C. The average Bonchev–Trinajstić information content (AvgIpc) is 2.45. The predicted octanol–water partition coefficient (Wildman–Crippen LogP) is 1.60. The molecule has 1 aliphatic heterocycles. The number of aliphatic imine (C=N–C) groups is 1. The van der Waals surface area contributed by atoms with Crippen LogP contribution < -0.4 is 10.6 Å². The second-order valence-corrected chi connectivity index (χ2v) is 5.81. The minimum atomic E-state index is 0.138. The van der Waals surface area contributed by atoms with Gasteiger partial charge in [0.2, 0.25) is 5.91 Å². The van der Waals surface area contributed by atoms with Gasteiger partial charge in [-0.25, -0.2) is 4.99 Å². The van der Waals surface area contributed by atoms with Crippen molar-refractivity contribution in [2.45, 2.75) is 53.0 Å². The second kappa shape index (κ2) is 8.82. The maximum absolute atomic E-state index is 12.1. The number of hydrogen-bond acceptors (Lipinski definition) is 2. The summed E-state index contributed by atoms with van der Waals surface area (Å²) in [6, 6.07) is 0.331. The van der Waals surface area contributed by atoms with Crippen LogP contribution >= 0.6 is 0 Å². The third-order valence-corrected chi connectivity index (χ3v) is 3.79. The lowest BCUT2D eigenvalue weighted by atomic mass is 10.1. The van der Waals surface area contributed by atoms with Gasteiger partial charge in [0.1, 0.15) is 6.54 Å². The fraction of sp³-hybridized carbons (Fsp3) is 0.867. The zero-order valence-corrected chi connectivity index (χ0v) is 13.4. The van der Waals surface area contributed by atoms with Gasteiger partial charge in [-0.2, -0.15) is 0 Å². The van der Waals surface area contributed by atoms with Gasteiger partial charge in [0.05, 0.1) is 0 Å². The van der Waals surface area contributed by atoms with Gasteiger partial charge in [-0.1, -0.05) is 13.8 Å². The van der Waals surface area contributed by atoms with Crippen LogP contribution in [0, 0.1) is 5.92 Å². The van der Waals surface area contributed by atoms with E-state index < -0.39 is 0 Å². The summed E-state index contributed by atoms with van der Waals surface area (Å²) < 4.78 is 0. The Morgan fingerprint density at radius 1 is 1.20 bits per heavy atom. The van der Waals surface area contributed by atoms with Crippen LogP contribution in [0.1, 0.15) is 47.0 Å². The number of rotatable bonds is 5. The van der Waals surface area contributed by atoms with E-state index in [9.17, 15) is 4.79 Å². The van der Waals surface area contributed by atoms with E-state index in [1.165, 1.54) is 6.42 Å². The summed E-state index contributed by atoms with van der Waals surface area (Å²) in [5, 5.41) is 6.54. The van der Waals surface area contributed by atoms with Gasteiger partial charge in [0, 0.05) is 25.7 Å². The lowest BCUT2D eigenvalue weighted by Crippen LogP contribution is -2.45. The van der Waals surface area contributed by atoms with Gasteiger partial charge in [0.15, 0.2) is 5.96 Å². The number of likely N-dealkylation sites (tertiary alicyclic amines) is 1. The van der Waals surface area contributed by atoms with Crippen molar-refractivity contribution in [2.75, 3.05) is 26.2 Å². The van der Waals surface area contributed by atoms with Gasteiger partial charge >= 0.3 is 0 Å². The zero-order valence-electron chi connectivity index (χ0n) is 13.4. The Kier molecular flexibility index (Phi) is 7.41. The van der Waals surface area contributed by atoms with Crippen molar-refractivity contribution in [1.29, 1.82) is 0 Å². The van der Waals surface area contributed by atoms with Crippen LogP contribution in [0.3, 0.4) is 0 Å². The fourth-order valence-corrected chi connectivity index (χ4v) is 2.09. The molecule has 1 atom stereocenters. The summed E-state index contributed by atoms with van der Waals surface area (Å²) in [6.45, 7) is 11.3. The highest BCUT2D eigenvalue weighted by Crippen LogP contribution is 2.08. The van der Waals surface area contributed by atoms with Crippen molar-refractivity contribution in [1.82, 2.24) is 15.5 Å². The molecule has 5 nitrogen and oxygen atoms in total. The number of guanidine groups is 1. The molecular weight excluding hydrogens is 252 g/mol. The largest absolute Gasteiger partial charge is 0.357 e. The molecule has 1 saturated heterocycles. The van der Waals surface area contributed by atoms with E-state index in [1.807, 2.05) is 11.8 Å². The molecule has 5 heteroatoms. The quantitative estimate of drug-likeness (QED) is 0.595. The molecule has 0 radical (unpaired) electrons. The first-order valence-corrected chi connectivity index (χ1v) is 7.87. The predicted molar refractivity (Wildman–Crippen MR) is 83.8 cm³/mol. The molecule has 0 aromatic carbocycles. The van der Waals surface area contributed by atoms with Crippen molar-refractivity contribution in [3.8, 4) is 0 Å². The van der Waals surface area contributed by atoms with E-state index in [-0.39, 0.29) is 12.5 Å². The van der Waals surface area contributed by atoms with Crippen LogP contribution in [0.25, 0.3) is 0 Å². The minimum absolute atomic E-state index is 0.138. The second-order valence-electron chi connectivity index (χ2n) is 5.81. The molecule has 0 aromatic heterocycles. The number of amides is 1.